The molecule has 0 aromatic heterocycles. The van der Waals surface area contributed by atoms with Crippen molar-refractivity contribution in [3.63, 3.8) is 0 Å². The lowest BCUT2D eigenvalue weighted by molar-refractivity contribution is 0.117. The molecule has 4 N–H and O–H groups in total. The van der Waals surface area contributed by atoms with Gasteiger partial charge in [-0.05, 0) is 19.8 Å². The maximum Gasteiger partial charge on any atom is 0.205 e. The molecule has 13 heavy (non-hydrogen) atoms. The van der Waals surface area contributed by atoms with E-state index in [0.29, 0.717) is 12.5 Å². The summed E-state index contributed by atoms with van der Waals surface area (Å²) in [6.07, 6.45) is 2.53. The summed E-state index contributed by atoms with van der Waals surface area (Å²) in [6, 6.07) is 0. The number of aliphatic imine (C=N–C) groups is 1. The third-order valence-electron chi connectivity index (χ3n) is 1.96. The van der Waals surface area contributed by atoms with Crippen LogP contribution in [-0.4, -0.2) is 31.8 Å². The molecule has 1 heterocycles. The summed E-state index contributed by atoms with van der Waals surface area (Å²) < 4.78 is 5.42. The lowest BCUT2D eigenvalue weighted by Gasteiger charge is -2.09. The van der Waals surface area contributed by atoms with Gasteiger partial charge in [-0.25, -0.2) is 10.8 Å². The van der Waals surface area contributed by atoms with E-state index in [1.165, 1.54) is 0 Å². The molecule has 1 unspecified atom stereocenters. The lowest BCUT2D eigenvalue weighted by Crippen LogP contribution is -2.41. The molecule has 5 nitrogen and oxygen atoms in total. The number of hydrazine groups is 1. The topological polar surface area (TPSA) is 71.7 Å². The van der Waals surface area contributed by atoms with E-state index in [0.717, 1.165) is 26.0 Å². The summed E-state index contributed by atoms with van der Waals surface area (Å²) in [5.41, 5.74) is 2.51. The third-order valence-corrected chi connectivity index (χ3v) is 1.96. The van der Waals surface area contributed by atoms with Crippen molar-refractivity contribution < 1.29 is 4.74 Å². The number of rotatable bonds is 3. The Balaban J connectivity index is 2.25. The first-order valence-electron chi connectivity index (χ1n) is 4.73. The van der Waals surface area contributed by atoms with Gasteiger partial charge < -0.3 is 10.1 Å². The van der Waals surface area contributed by atoms with Gasteiger partial charge in [0.15, 0.2) is 0 Å². The van der Waals surface area contributed by atoms with Crippen LogP contribution in [0.3, 0.4) is 0 Å². The van der Waals surface area contributed by atoms with Gasteiger partial charge in [-0.2, -0.15) is 0 Å². The molecule has 0 aliphatic carbocycles. The van der Waals surface area contributed by atoms with Crippen LogP contribution in [0.4, 0.5) is 0 Å². The number of nitrogens with zero attached hydrogens (tertiary/aromatic N) is 1. The van der Waals surface area contributed by atoms with Gasteiger partial charge in [-0.1, -0.05) is 0 Å². The monoisotopic (exact) mass is 186 g/mol. The molecule has 1 rings (SSSR count). The quantitative estimate of drug-likeness (QED) is 0.242. The highest BCUT2D eigenvalue weighted by molar-refractivity contribution is 5.79. The number of nitrogens with two attached hydrogens (primary N) is 1. The van der Waals surface area contributed by atoms with Crippen LogP contribution in [0.25, 0.3) is 0 Å². The smallest absolute Gasteiger partial charge is 0.205 e. The third kappa shape index (κ3) is 3.61. The van der Waals surface area contributed by atoms with Crippen LogP contribution >= 0.6 is 0 Å². The second-order valence-electron chi connectivity index (χ2n) is 3.00. The predicted molar refractivity (Wildman–Crippen MR) is 52.3 cm³/mol. The second-order valence-corrected chi connectivity index (χ2v) is 3.00. The van der Waals surface area contributed by atoms with Crippen molar-refractivity contribution in [1.29, 1.82) is 0 Å². The summed E-state index contributed by atoms with van der Waals surface area (Å²) >= 11 is 0. The largest absolute Gasteiger partial charge is 0.376 e. The Hall–Kier alpha value is -0.810. The van der Waals surface area contributed by atoms with Crippen LogP contribution in [0.5, 0.6) is 0 Å². The fraction of sp³-hybridized carbons (Fsp3) is 0.875. The molecule has 0 aromatic rings. The van der Waals surface area contributed by atoms with Crippen molar-refractivity contribution in [2.45, 2.75) is 25.9 Å². The Labute approximate surface area is 78.7 Å². The van der Waals surface area contributed by atoms with Gasteiger partial charge in [0.25, 0.3) is 0 Å². The first kappa shape index (κ1) is 10.3. The zero-order valence-electron chi connectivity index (χ0n) is 8.05. The van der Waals surface area contributed by atoms with Gasteiger partial charge in [0, 0.05) is 13.2 Å². The number of guanidine groups is 1. The van der Waals surface area contributed by atoms with Gasteiger partial charge in [0.05, 0.1) is 12.6 Å². The Bertz CT molecular complexity index is 166. The zero-order valence-corrected chi connectivity index (χ0v) is 8.05. The number of hydrogen-bond acceptors (Lipinski definition) is 3. The number of hydrogen-bond donors (Lipinski definition) is 3. The minimum atomic E-state index is 0.280. The summed E-state index contributed by atoms with van der Waals surface area (Å²) in [5.74, 6) is 5.90. The van der Waals surface area contributed by atoms with E-state index in [4.69, 9.17) is 10.6 Å². The van der Waals surface area contributed by atoms with Crippen LogP contribution in [0.2, 0.25) is 0 Å². The molecule has 1 aliphatic heterocycles. The normalized spacial score (nSPS) is 23.2. The highest BCUT2D eigenvalue weighted by Gasteiger charge is 2.14. The van der Waals surface area contributed by atoms with E-state index >= 15 is 0 Å². The Morgan fingerprint density at radius 3 is 3.08 bits per heavy atom. The van der Waals surface area contributed by atoms with Crippen LogP contribution in [0.1, 0.15) is 19.8 Å². The highest BCUT2D eigenvalue weighted by Crippen LogP contribution is 2.11. The summed E-state index contributed by atoms with van der Waals surface area (Å²) in [4.78, 5) is 4.26. The summed E-state index contributed by atoms with van der Waals surface area (Å²) in [7, 11) is 0. The van der Waals surface area contributed by atoms with Crippen molar-refractivity contribution >= 4 is 5.96 Å². The molecule has 0 aromatic carbocycles. The van der Waals surface area contributed by atoms with E-state index in [2.05, 4.69) is 15.7 Å². The molecule has 0 spiro atoms. The average Bonchev–Trinajstić information content (AvgIpc) is 2.64. The fourth-order valence-corrected chi connectivity index (χ4v) is 1.30. The molecule has 1 atom stereocenters. The SMILES string of the molecule is CCNC(=NCC1CCCO1)NN. The molecule has 1 saturated heterocycles. The van der Waals surface area contributed by atoms with Gasteiger partial charge >= 0.3 is 0 Å². The van der Waals surface area contributed by atoms with E-state index in [9.17, 15) is 0 Å². The molecular formula is C8H18N4O. The molecular weight excluding hydrogens is 168 g/mol. The van der Waals surface area contributed by atoms with Crippen LogP contribution in [0.15, 0.2) is 4.99 Å². The highest BCUT2D eigenvalue weighted by atomic mass is 16.5. The minimum absolute atomic E-state index is 0.280. The molecule has 0 amide bonds. The Morgan fingerprint density at radius 2 is 2.54 bits per heavy atom. The standard InChI is InChI=1S/C8H18N4O/c1-2-10-8(12-9)11-6-7-4-3-5-13-7/h7H,2-6,9H2,1H3,(H2,10,11,12). The van der Waals surface area contributed by atoms with E-state index in [-0.39, 0.29) is 6.10 Å². The van der Waals surface area contributed by atoms with Crippen LogP contribution in [0, 0.1) is 0 Å². The van der Waals surface area contributed by atoms with Crippen LogP contribution in [-0.2, 0) is 4.74 Å². The lowest BCUT2D eigenvalue weighted by atomic mass is 10.2. The first-order valence-corrected chi connectivity index (χ1v) is 4.73. The van der Waals surface area contributed by atoms with Crippen LogP contribution < -0.4 is 16.6 Å². The Morgan fingerprint density at radius 1 is 1.69 bits per heavy atom. The number of ether oxygens (including phenoxy) is 1. The molecule has 1 fully saturated rings. The maximum absolute atomic E-state index is 5.42. The summed E-state index contributed by atoms with van der Waals surface area (Å²) in [5, 5.41) is 3.01. The van der Waals surface area contributed by atoms with E-state index in [1.807, 2.05) is 6.92 Å². The predicted octanol–water partition coefficient (Wildman–Crippen LogP) is -0.406. The molecule has 0 radical (unpaired) electrons. The fourth-order valence-electron chi connectivity index (χ4n) is 1.30. The summed E-state index contributed by atoms with van der Waals surface area (Å²) in [6.45, 7) is 4.37. The van der Waals surface area contributed by atoms with Crippen molar-refractivity contribution in [3.8, 4) is 0 Å². The molecule has 5 heteroatoms. The maximum atomic E-state index is 5.42. The number of nitrogens with one attached hydrogen (secondary N) is 2. The van der Waals surface area contributed by atoms with Gasteiger partial charge in [-0.3, -0.25) is 5.43 Å². The molecule has 76 valence electrons. The van der Waals surface area contributed by atoms with Gasteiger partial charge in [0.2, 0.25) is 5.96 Å². The van der Waals surface area contributed by atoms with E-state index < -0.39 is 0 Å². The van der Waals surface area contributed by atoms with Crippen molar-refractivity contribution in [3.05, 3.63) is 0 Å². The van der Waals surface area contributed by atoms with Gasteiger partial charge in [0.1, 0.15) is 0 Å². The van der Waals surface area contributed by atoms with Crippen molar-refractivity contribution in [1.82, 2.24) is 10.7 Å². The van der Waals surface area contributed by atoms with E-state index in [1.54, 1.807) is 0 Å². The Kier molecular flexibility index (Phi) is 4.56. The average molecular weight is 186 g/mol. The zero-order chi connectivity index (χ0) is 9.52. The minimum Gasteiger partial charge on any atom is -0.376 e. The molecule has 0 saturated carbocycles. The van der Waals surface area contributed by atoms with Crippen molar-refractivity contribution in [2.75, 3.05) is 19.7 Å². The van der Waals surface area contributed by atoms with Gasteiger partial charge in [-0.15, -0.1) is 0 Å². The molecule has 0 bridgehead atoms. The first-order chi connectivity index (χ1) is 6.36. The second kappa shape index (κ2) is 5.77. The van der Waals surface area contributed by atoms with Crippen molar-refractivity contribution in [2.24, 2.45) is 10.8 Å². The molecule has 1 aliphatic rings.